The second-order valence-corrected chi connectivity index (χ2v) is 12.7. The number of phenols is 1. The first-order valence-corrected chi connectivity index (χ1v) is 14.7. The number of nitrogens with zero attached hydrogens (tertiary/aromatic N) is 1. The molecule has 0 fully saturated rings. The summed E-state index contributed by atoms with van der Waals surface area (Å²) in [4.78, 5) is 1.23. The van der Waals surface area contributed by atoms with Gasteiger partial charge in [0, 0.05) is 23.9 Å². The molecule has 40 heavy (non-hydrogen) atoms. The lowest BCUT2D eigenvalue weighted by Gasteiger charge is -2.40. The molecule has 2 atom stereocenters. The van der Waals surface area contributed by atoms with Crippen LogP contribution in [0.5, 0.6) is 11.5 Å². The van der Waals surface area contributed by atoms with Crippen molar-refractivity contribution in [2.75, 3.05) is 22.6 Å². The van der Waals surface area contributed by atoms with E-state index in [2.05, 4.69) is 5.32 Å². The van der Waals surface area contributed by atoms with Gasteiger partial charge in [-0.25, -0.2) is 12.8 Å². The van der Waals surface area contributed by atoms with Crippen LogP contribution in [-0.4, -0.2) is 37.4 Å². The highest BCUT2D eigenvalue weighted by atomic mass is 32.2. The quantitative estimate of drug-likeness (QED) is 0.255. The lowest BCUT2D eigenvalue weighted by molar-refractivity contribution is -0.0977. The van der Waals surface area contributed by atoms with Crippen molar-refractivity contribution in [3.8, 4) is 11.5 Å². The number of para-hydroxylation sites is 1. The van der Waals surface area contributed by atoms with Gasteiger partial charge in [-0.2, -0.15) is 0 Å². The van der Waals surface area contributed by atoms with E-state index in [1.165, 1.54) is 23.1 Å². The summed E-state index contributed by atoms with van der Waals surface area (Å²) in [5, 5.41) is 25.1. The molecule has 0 aromatic heterocycles. The number of hydrogen-bond donors (Lipinski definition) is 3. The Morgan fingerprint density at radius 2 is 1.88 bits per heavy atom. The summed E-state index contributed by atoms with van der Waals surface area (Å²) in [6, 6.07) is 17.1. The van der Waals surface area contributed by atoms with Gasteiger partial charge in [-0.05, 0) is 48.6 Å². The Bertz CT molecular complexity index is 1540. The van der Waals surface area contributed by atoms with E-state index in [1.54, 1.807) is 25.1 Å². The maximum absolute atomic E-state index is 16.0. The topological polar surface area (TPSA) is 108 Å². The van der Waals surface area contributed by atoms with Crippen molar-refractivity contribution in [1.82, 2.24) is 0 Å². The second kappa shape index (κ2) is 10.8. The molecule has 0 aliphatic carbocycles. The van der Waals surface area contributed by atoms with Gasteiger partial charge in [0.25, 0.3) is 0 Å². The first-order chi connectivity index (χ1) is 19.0. The maximum atomic E-state index is 16.0. The summed E-state index contributed by atoms with van der Waals surface area (Å²) in [7, 11) is -3.97. The highest BCUT2D eigenvalue weighted by molar-refractivity contribution is 7.95. The molecule has 0 amide bonds. The van der Waals surface area contributed by atoms with Crippen molar-refractivity contribution in [1.29, 1.82) is 0 Å². The number of allylic oxidation sites excluding steroid dienone is 1. The van der Waals surface area contributed by atoms with Crippen LogP contribution in [0.2, 0.25) is 0 Å². The summed E-state index contributed by atoms with van der Waals surface area (Å²) >= 11 is 0. The highest BCUT2D eigenvalue weighted by Crippen LogP contribution is 2.52. The number of ether oxygens (including phenoxy) is 2. The molecular weight excluding hydrogens is 535 g/mol. The number of fused-ring (bicyclic) bond motifs is 1. The Labute approximate surface area is 233 Å². The number of halogens is 1. The molecule has 2 unspecified atom stereocenters. The van der Waals surface area contributed by atoms with Crippen molar-refractivity contribution in [3.05, 3.63) is 94.3 Å². The smallest absolute Gasteiger partial charge is 0.238 e. The van der Waals surface area contributed by atoms with Crippen molar-refractivity contribution < 1.29 is 32.5 Å². The summed E-state index contributed by atoms with van der Waals surface area (Å²) < 4.78 is 55.2. The van der Waals surface area contributed by atoms with E-state index >= 15 is 4.39 Å². The van der Waals surface area contributed by atoms with Crippen LogP contribution in [0, 0.1) is 11.2 Å². The predicted octanol–water partition coefficient (Wildman–Crippen LogP) is 5.45. The predicted molar refractivity (Wildman–Crippen MR) is 151 cm³/mol. The zero-order valence-corrected chi connectivity index (χ0v) is 23.4. The van der Waals surface area contributed by atoms with Crippen molar-refractivity contribution in [2.45, 2.75) is 46.3 Å². The lowest BCUT2D eigenvalue weighted by atomic mass is 9.88. The van der Waals surface area contributed by atoms with E-state index in [1.807, 2.05) is 44.2 Å². The molecule has 0 bridgehead atoms. The summed E-state index contributed by atoms with van der Waals surface area (Å²) in [5.41, 5.74) is 1.10. The zero-order valence-electron chi connectivity index (χ0n) is 22.6. The van der Waals surface area contributed by atoms with Gasteiger partial charge < -0.3 is 29.9 Å². The Morgan fingerprint density at radius 3 is 2.58 bits per heavy atom. The highest BCUT2D eigenvalue weighted by Gasteiger charge is 2.47. The third-order valence-corrected chi connectivity index (χ3v) is 9.34. The molecule has 0 spiro atoms. The van der Waals surface area contributed by atoms with Crippen LogP contribution in [0.4, 0.5) is 15.8 Å². The number of rotatable bonds is 7. The fourth-order valence-electron chi connectivity index (χ4n) is 5.45. The molecule has 0 saturated heterocycles. The number of aliphatic hydroxyl groups excluding tert-OH is 1. The van der Waals surface area contributed by atoms with Crippen molar-refractivity contribution in [2.24, 2.45) is 5.41 Å². The minimum absolute atomic E-state index is 0.0135. The number of benzene rings is 3. The van der Waals surface area contributed by atoms with Gasteiger partial charge in [-0.15, -0.1) is 0 Å². The van der Waals surface area contributed by atoms with Crippen LogP contribution in [0.1, 0.15) is 44.4 Å². The standard InChI is InChI=1S/C30H33FN2O6S/c1-4-38-29(35)33-24-11-8-12-25(34)26(24)32-23-16-30(2,3)18-40(36,37)28(23)27(33)21-14-13-20(15-22(21)31)39-17-19-9-6-5-7-10-19/h5-15,27,29,32,34-35H,4,16-18H2,1-3H3. The fraction of sp³-hybridized carbons (Fsp3) is 0.333. The molecule has 212 valence electrons. The molecule has 2 heterocycles. The number of aromatic hydroxyl groups is 1. The molecule has 3 aromatic carbocycles. The molecule has 3 aromatic rings. The summed E-state index contributed by atoms with van der Waals surface area (Å²) in [6.07, 6.45) is -1.33. The second-order valence-electron chi connectivity index (χ2n) is 10.8. The number of hydrogen-bond acceptors (Lipinski definition) is 8. The Hall–Kier alpha value is -3.60. The van der Waals surface area contributed by atoms with Crippen LogP contribution in [0.15, 0.2) is 77.3 Å². The third-order valence-electron chi connectivity index (χ3n) is 7.04. The van der Waals surface area contributed by atoms with Gasteiger partial charge in [-0.3, -0.25) is 0 Å². The zero-order chi connectivity index (χ0) is 28.7. The largest absolute Gasteiger partial charge is 0.506 e. The molecule has 0 saturated carbocycles. The number of anilines is 2. The van der Waals surface area contributed by atoms with E-state index in [0.29, 0.717) is 12.1 Å². The van der Waals surface area contributed by atoms with Gasteiger partial charge in [-0.1, -0.05) is 50.2 Å². The lowest BCUT2D eigenvalue weighted by Crippen LogP contribution is -2.44. The maximum Gasteiger partial charge on any atom is 0.238 e. The normalized spacial score (nSPS) is 20.1. The van der Waals surface area contributed by atoms with Crippen molar-refractivity contribution >= 4 is 21.2 Å². The molecule has 10 heteroatoms. The number of sulfone groups is 1. The van der Waals surface area contributed by atoms with E-state index in [4.69, 9.17) is 9.47 Å². The van der Waals surface area contributed by atoms with Gasteiger partial charge in [0.15, 0.2) is 9.84 Å². The van der Waals surface area contributed by atoms with Crippen LogP contribution in [0.25, 0.3) is 0 Å². The van der Waals surface area contributed by atoms with Gasteiger partial charge in [0.1, 0.15) is 29.6 Å². The van der Waals surface area contributed by atoms with Crippen LogP contribution < -0.4 is 15.0 Å². The Kier molecular flexibility index (Phi) is 7.52. The van der Waals surface area contributed by atoms with E-state index < -0.39 is 33.5 Å². The first-order valence-electron chi connectivity index (χ1n) is 13.1. The Morgan fingerprint density at radius 1 is 1.12 bits per heavy atom. The minimum atomic E-state index is -3.97. The van der Waals surface area contributed by atoms with Crippen LogP contribution in [-0.2, 0) is 21.2 Å². The summed E-state index contributed by atoms with van der Waals surface area (Å²) in [5.74, 6) is -0.754. The fourth-order valence-corrected chi connectivity index (χ4v) is 7.82. The Balaban J connectivity index is 1.68. The molecule has 5 rings (SSSR count). The number of nitrogens with one attached hydrogen (secondary N) is 1. The molecule has 3 N–H and O–H groups in total. The van der Waals surface area contributed by atoms with E-state index in [9.17, 15) is 18.6 Å². The average molecular weight is 569 g/mol. The summed E-state index contributed by atoms with van der Waals surface area (Å²) in [6.45, 7) is 5.70. The van der Waals surface area contributed by atoms with Crippen LogP contribution >= 0.6 is 0 Å². The molecule has 8 nitrogen and oxygen atoms in total. The van der Waals surface area contributed by atoms with Crippen LogP contribution in [0.3, 0.4) is 0 Å². The average Bonchev–Trinajstić information content (AvgIpc) is 3.03. The third kappa shape index (κ3) is 5.39. The number of phenolic OH excluding ortho intramolecular Hbond substituents is 1. The number of aliphatic hydroxyl groups is 1. The molecule has 2 aliphatic rings. The van der Waals surface area contributed by atoms with E-state index in [-0.39, 0.29) is 52.3 Å². The van der Waals surface area contributed by atoms with Gasteiger partial charge in [0.2, 0.25) is 6.41 Å². The molecule has 2 aliphatic heterocycles. The minimum Gasteiger partial charge on any atom is -0.506 e. The van der Waals surface area contributed by atoms with Gasteiger partial charge in [0.05, 0.1) is 22.4 Å². The van der Waals surface area contributed by atoms with E-state index in [0.717, 1.165) is 5.56 Å². The molecule has 0 radical (unpaired) electrons. The monoisotopic (exact) mass is 568 g/mol. The molecular formula is C30H33FN2O6S. The van der Waals surface area contributed by atoms with Crippen molar-refractivity contribution in [3.63, 3.8) is 0 Å². The SMILES string of the molecule is CCOC(O)N1c2cccc(O)c2NC2=C(C1c1ccc(OCc3ccccc3)cc1F)S(=O)(=O)CC(C)(C)C2. The first kappa shape index (κ1) is 27.9. The van der Waals surface area contributed by atoms with Gasteiger partial charge >= 0.3 is 0 Å².